The minimum Gasteiger partial charge on any atom is -0.301 e. The molecule has 1 rings (SSSR count). The Bertz CT molecular complexity index is 407. The Kier molecular flexibility index (Phi) is 3.82. The molecule has 0 radical (unpaired) electrons. The third-order valence-electron chi connectivity index (χ3n) is 1.99. The number of rotatable bonds is 3. The maximum absolute atomic E-state index is 10.9. The Balaban J connectivity index is 3.09. The molecule has 0 aliphatic heterocycles. The van der Waals surface area contributed by atoms with E-state index >= 15 is 0 Å². The third-order valence-corrected chi connectivity index (χ3v) is 4.51. The van der Waals surface area contributed by atoms with Gasteiger partial charge in [-0.25, -0.2) is 4.21 Å². The van der Waals surface area contributed by atoms with Gasteiger partial charge in [0.2, 0.25) is 11.1 Å². The minimum absolute atomic E-state index is 0.110. The fourth-order valence-corrected chi connectivity index (χ4v) is 3.00. The van der Waals surface area contributed by atoms with E-state index in [0.717, 1.165) is 4.88 Å². The molecule has 2 unspecified atom stereocenters. The van der Waals surface area contributed by atoms with Gasteiger partial charge < -0.3 is 4.55 Å². The van der Waals surface area contributed by atoms with E-state index in [0.29, 0.717) is 4.88 Å². The molecule has 1 N–H and O–H groups in total. The molecular formula is C9H13NO4S2. The fourth-order valence-electron chi connectivity index (χ4n) is 1.17. The van der Waals surface area contributed by atoms with Gasteiger partial charge in [0.05, 0.1) is 4.88 Å². The lowest BCUT2D eigenvalue weighted by Gasteiger charge is -2.15. The number of hydrogen-bond acceptors (Lipinski definition) is 4. The van der Waals surface area contributed by atoms with Crippen molar-refractivity contribution in [2.24, 2.45) is 0 Å². The number of thiophene rings is 1. The van der Waals surface area contributed by atoms with Crippen LogP contribution in [0.3, 0.4) is 0 Å². The van der Waals surface area contributed by atoms with Crippen molar-refractivity contribution in [2.45, 2.75) is 31.6 Å². The molecule has 5 nitrogen and oxygen atoms in total. The number of hydrogen-bond donors (Lipinski definition) is 1. The molecular weight excluding hydrogens is 250 g/mol. The Morgan fingerprint density at radius 2 is 2.06 bits per heavy atom. The summed E-state index contributed by atoms with van der Waals surface area (Å²) in [6.07, 6.45) is 0. The number of nitrogens with zero attached hydrogens (tertiary/aromatic N) is 1. The smallest absolute Gasteiger partial charge is 0.301 e. The molecule has 90 valence electrons. The number of nitro groups is 1. The highest BCUT2D eigenvalue weighted by atomic mass is 32.2. The van der Waals surface area contributed by atoms with E-state index in [2.05, 4.69) is 0 Å². The van der Waals surface area contributed by atoms with Gasteiger partial charge >= 0.3 is 5.37 Å². The topological polar surface area (TPSA) is 80.4 Å². The molecule has 0 aromatic carbocycles. The summed E-state index contributed by atoms with van der Waals surface area (Å²) in [5, 5.41) is 9.12. The standard InChI is InChI=1S/C9H13NO4S2/c1-9(2,3)7-5-4-6(15-7)8(10(11)12)16(13)14/h4-5,8H,1-3H3,(H,13,14). The zero-order valence-electron chi connectivity index (χ0n) is 9.17. The normalized spacial score (nSPS) is 15.8. The van der Waals surface area contributed by atoms with Crippen molar-refractivity contribution >= 4 is 22.4 Å². The van der Waals surface area contributed by atoms with Gasteiger partial charge in [0.1, 0.15) is 0 Å². The minimum atomic E-state index is -2.49. The van der Waals surface area contributed by atoms with E-state index in [9.17, 15) is 14.3 Å². The summed E-state index contributed by atoms with van der Waals surface area (Å²) in [5.41, 5.74) is -0.110. The molecule has 7 heteroatoms. The van der Waals surface area contributed by atoms with E-state index in [1.165, 1.54) is 11.3 Å². The first-order valence-electron chi connectivity index (χ1n) is 4.57. The predicted octanol–water partition coefficient (Wildman–Crippen LogP) is 2.54. The van der Waals surface area contributed by atoms with Crippen LogP contribution in [0.25, 0.3) is 0 Å². The highest BCUT2D eigenvalue weighted by Gasteiger charge is 2.32. The first kappa shape index (κ1) is 13.3. The van der Waals surface area contributed by atoms with Crippen LogP contribution in [-0.2, 0) is 16.5 Å². The molecule has 0 spiro atoms. The van der Waals surface area contributed by atoms with Crippen LogP contribution in [0.15, 0.2) is 12.1 Å². The van der Waals surface area contributed by atoms with Gasteiger partial charge in [-0.15, -0.1) is 11.3 Å². The predicted molar refractivity (Wildman–Crippen MR) is 63.5 cm³/mol. The molecule has 0 aliphatic rings. The largest absolute Gasteiger partial charge is 0.343 e. The molecule has 1 aromatic rings. The molecule has 0 saturated carbocycles. The Morgan fingerprint density at radius 1 is 1.50 bits per heavy atom. The molecule has 2 atom stereocenters. The van der Waals surface area contributed by atoms with E-state index in [1.807, 2.05) is 20.8 Å². The summed E-state index contributed by atoms with van der Waals surface area (Å²) < 4.78 is 19.8. The SMILES string of the molecule is CC(C)(C)c1ccc(C([N+](=O)[O-])S(=O)O)s1. The lowest BCUT2D eigenvalue weighted by Crippen LogP contribution is -2.14. The van der Waals surface area contributed by atoms with Crippen LogP contribution in [0.4, 0.5) is 0 Å². The first-order chi connectivity index (χ1) is 7.23. The lowest BCUT2D eigenvalue weighted by molar-refractivity contribution is -0.502. The summed E-state index contributed by atoms with van der Waals surface area (Å²) >= 11 is -1.28. The Morgan fingerprint density at radius 3 is 2.38 bits per heavy atom. The quantitative estimate of drug-likeness (QED) is 0.516. The molecule has 1 heterocycles. The van der Waals surface area contributed by atoms with Crippen LogP contribution in [0.2, 0.25) is 0 Å². The van der Waals surface area contributed by atoms with Crippen LogP contribution in [-0.4, -0.2) is 13.7 Å². The summed E-state index contributed by atoms with van der Waals surface area (Å²) in [4.78, 5) is 11.2. The van der Waals surface area contributed by atoms with Gasteiger partial charge in [-0.1, -0.05) is 20.8 Å². The van der Waals surface area contributed by atoms with E-state index in [1.54, 1.807) is 12.1 Å². The fraction of sp³-hybridized carbons (Fsp3) is 0.556. The third kappa shape index (κ3) is 2.87. The van der Waals surface area contributed by atoms with Crippen LogP contribution >= 0.6 is 11.3 Å². The molecule has 16 heavy (non-hydrogen) atoms. The summed E-state index contributed by atoms with van der Waals surface area (Å²) in [7, 11) is 0. The van der Waals surface area contributed by atoms with Crippen molar-refractivity contribution < 1.29 is 13.7 Å². The summed E-state index contributed by atoms with van der Waals surface area (Å²) in [6, 6.07) is 3.32. The van der Waals surface area contributed by atoms with Crippen LogP contribution in [0, 0.1) is 10.1 Å². The molecule has 0 bridgehead atoms. The van der Waals surface area contributed by atoms with Gasteiger partial charge in [0.15, 0.2) is 0 Å². The molecule has 0 amide bonds. The Hall–Kier alpha value is -0.790. The lowest BCUT2D eigenvalue weighted by atomic mass is 9.95. The zero-order chi connectivity index (χ0) is 12.5. The maximum Gasteiger partial charge on any atom is 0.343 e. The van der Waals surface area contributed by atoms with Gasteiger partial charge in [-0.3, -0.25) is 10.1 Å². The second-order valence-corrected chi connectivity index (χ2v) is 6.48. The summed E-state index contributed by atoms with van der Waals surface area (Å²) in [5.74, 6) is 0. The van der Waals surface area contributed by atoms with Gasteiger partial charge in [0, 0.05) is 9.80 Å². The summed E-state index contributed by atoms with van der Waals surface area (Å²) in [6.45, 7) is 5.96. The van der Waals surface area contributed by atoms with E-state index < -0.39 is 21.4 Å². The zero-order valence-corrected chi connectivity index (χ0v) is 10.8. The highest BCUT2D eigenvalue weighted by molar-refractivity contribution is 7.79. The van der Waals surface area contributed by atoms with Crippen LogP contribution < -0.4 is 0 Å². The van der Waals surface area contributed by atoms with Crippen molar-refractivity contribution in [3.05, 3.63) is 32.0 Å². The monoisotopic (exact) mass is 263 g/mol. The van der Waals surface area contributed by atoms with E-state index in [-0.39, 0.29) is 5.41 Å². The average molecular weight is 263 g/mol. The second-order valence-electron chi connectivity index (χ2n) is 4.37. The average Bonchev–Trinajstić information content (AvgIpc) is 2.50. The van der Waals surface area contributed by atoms with Gasteiger partial charge in [-0.2, -0.15) is 0 Å². The Labute approximate surface area is 99.9 Å². The molecule has 0 aliphatic carbocycles. The molecule has 0 fully saturated rings. The molecule has 1 aromatic heterocycles. The van der Waals surface area contributed by atoms with Crippen molar-refractivity contribution in [1.29, 1.82) is 0 Å². The van der Waals surface area contributed by atoms with Gasteiger partial charge in [0.25, 0.3) is 0 Å². The maximum atomic E-state index is 10.9. The van der Waals surface area contributed by atoms with Crippen LogP contribution in [0.1, 0.15) is 35.9 Å². The van der Waals surface area contributed by atoms with Crippen molar-refractivity contribution in [3.63, 3.8) is 0 Å². The van der Waals surface area contributed by atoms with Crippen molar-refractivity contribution in [2.75, 3.05) is 0 Å². The molecule has 0 saturated heterocycles. The van der Waals surface area contributed by atoms with E-state index in [4.69, 9.17) is 4.55 Å². The first-order valence-corrected chi connectivity index (χ1v) is 6.55. The van der Waals surface area contributed by atoms with Crippen molar-refractivity contribution in [1.82, 2.24) is 0 Å². The van der Waals surface area contributed by atoms with Crippen molar-refractivity contribution in [3.8, 4) is 0 Å². The van der Waals surface area contributed by atoms with Crippen LogP contribution in [0.5, 0.6) is 0 Å². The van der Waals surface area contributed by atoms with Gasteiger partial charge in [-0.05, 0) is 17.5 Å². The second kappa shape index (κ2) is 4.60. The highest BCUT2D eigenvalue weighted by Crippen LogP contribution is 2.34.